The molecule has 0 spiro atoms. The van der Waals surface area contributed by atoms with Crippen LogP contribution in [0.3, 0.4) is 0 Å². The van der Waals surface area contributed by atoms with E-state index in [0.29, 0.717) is 20.9 Å². The molecule has 0 bridgehead atoms. The fourth-order valence-electron chi connectivity index (χ4n) is 2.84. The van der Waals surface area contributed by atoms with E-state index in [4.69, 9.17) is 5.73 Å². The monoisotopic (exact) mass is 370 g/mol. The average molecular weight is 371 g/mol. The van der Waals surface area contributed by atoms with E-state index in [9.17, 15) is 20.1 Å². The minimum absolute atomic E-state index is 0.00705. The van der Waals surface area contributed by atoms with E-state index in [1.807, 2.05) is 0 Å². The summed E-state index contributed by atoms with van der Waals surface area (Å²) in [5, 5.41) is 32.7. The number of benzene rings is 1. The molecule has 0 aliphatic carbocycles. The Kier molecular flexibility index (Phi) is 3.62. The van der Waals surface area contributed by atoms with Crippen molar-refractivity contribution in [3.63, 3.8) is 0 Å². The SMILES string of the molecule is CN1C(N)NC(O)C1c1c(C(=O)O)[nH]c2cc(O)c(Br)cc12. The zero-order valence-corrected chi connectivity index (χ0v) is 13.1. The number of aromatic carboxylic acids is 1. The van der Waals surface area contributed by atoms with Crippen molar-refractivity contribution in [3.8, 4) is 5.75 Å². The highest BCUT2D eigenvalue weighted by Gasteiger charge is 2.40. The van der Waals surface area contributed by atoms with E-state index >= 15 is 0 Å². The van der Waals surface area contributed by atoms with Crippen molar-refractivity contribution >= 4 is 32.8 Å². The number of hydrogen-bond acceptors (Lipinski definition) is 6. The highest BCUT2D eigenvalue weighted by molar-refractivity contribution is 9.10. The van der Waals surface area contributed by atoms with Gasteiger partial charge in [0.2, 0.25) is 0 Å². The summed E-state index contributed by atoms with van der Waals surface area (Å²) in [4.78, 5) is 16.0. The fourth-order valence-corrected chi connectivity index (χ4v) is 3.18. The van der Waals surface area contributed by atoms with Crippen LogP contribution in [0.15, 0.2) is 16.6 Å². The maximum atomic E-state index is 11.6. The van der Waals surface area contributed by atoms with Crippen molar-refractivity contribution < 1.29 is 20.1 Å². The number of nitrogens with zero attached hydrogens (tertiary/aromatic N) is 1. The van der Waals surface area contributed by atoms with Gasteiger partial charge in [0.1, 0.15) is 24.0 Å². The third kappa shape index (κ3) is 2.18. The lowest BCUT2D eigenvalue weighted by atomic mass is 10.0. The summed E-state index contributed by atoms with van der Waals surface area (Å²) in [5.74, 6) is -1.16. The Morgan fingerprint density at radius 3 is 2.68 bits per heavy atom. The number of aliphatic hydroxyl groups excluding tert-OH is 1. The molecular formula is C13H15BrN4O4. The summed E-state index contributed by atoms with van der Waals surface area (Å²) < 4.78 is 0.435. The Hall–Kier alpha value is -1.65. The van der Waals surface area contributed by atoms with Gasteiger partial charge in [0.15, 0.2) is 0 Å². The van der Waals surface area contributed by atoms with E-state index in [1.54, 1.807) is 18.0 Å². The number of nitrogens with two attached hydrogens (primary N) is 1. The van der Waals surface area contributed by atoms with Gasteiger partial charge in [0.25, 0.3) is 0 Å². The topological polar surface area (TPSA) is 135 Å². The summed E-state index contributed by atoms with van der Waals surface area (Å²) in [7, 11) is 1.69. The molecule has 3 rings (SSSR count). The van der Waals surface area contributed by atoms with Crippen LogP contribution >= 0.6 is 15.9 Å². The van der Waals surface area contributed by atoms with Crippen LogP contribution in [0.25, 0.3) is 10.9 Å². The zero-order chi connectivity index (χ0) is 16.2. The molecule has 1 aliphatic heterocycles. The van der Waals surface area contributed by atoms with Gasteiger partial charge in [-0.1, -0.05) is 0 Å². The minimum Gasteiger partial charge on any atom is -0.507 e. The molecule has 8 nitrogen and oxygen atoms in total. The lowest BCUT2D eigenvalue weighted by molar-refractivity contribution is 0.0683. The number of nitrogens with one attached hydrogen (secondary N) is 2. The van der Waals surface area contributed by atoms with Crippen LogP contribution < -0.4 is 11.1 Å². The van der Waals surface area contributed by atoms with Gasteiger partial charge in [-0.3, -0.25) is 10.2 Å². The Bertz CT molecular complexity index is 762. The number of aromatic nitrogens is 1. The van der Waals surface area contributed by atoms with Gasteiger partial charge < -0.3 is 26.0 Å². The van der Waals surface area contributed by atoms with Crippen LogP contribution in [0.1, 0.15) is 22.1 Å². The first-order valence-corrected chi connectivity index (χ1v) is 7.29. The number of aliphatic hydroxyl groups is 1. The second-order valence-corrected chi connectivity index (χ2v) is 6.09. The first kappa shape index (κ1) is 15.3. The van der Waals surface area contributed by atoms with Crippen molar-refractivity contribution in [1.82, 2.24) is 15.2 Å². The molecule has 1 fully saturated rings. The van der Waals surface area contributed by atoms with Crippen LogP contribution in [0.4, 0.5) is 0 Å². The maximum Gasteiger partial charge on any atom is 0.352 e. The second kappa shape index (κ2) is 5.21. The van der Waals surface area contributed by atoms with Crippen molar-refractivity contribution in [2.45, 2.75) is 18.6 Å². The van der Waals surface area contributed by atoms with Gasteiger partial charge in [0.05, 0.1) is 16.0 Å². The number of H-pyrrole nitrogens is 1. The first-order chi connectivity index (χ1) is 10.3. The molecule has 22 heavy (non-hydrogen) atoms. The first-order valence-electron chi connectivity index (χ1n) is 6.50. The number of aromatic amines is 1. The number of fused-ring (bicyclic) bond motifs is 1. The smallest absolute Gasteiger partial charge is 0.352 e. The lowest BCUT2D eigenvalue weighted by Crippen LogP contribution is -2.42. The third-order valence-electron chi connectivity index (χ3n) is 3.93. The van der Waals surface area contributed by atoms with Gasteiger partial charge in [-0.2, -0.15) is 0 Å². The van der Waals surface area contributed by atoms with E-state index < -0.39 is 24.5 Å². The van der Waals surface area contributed by atoms with Crippen LogP contribution in [0.5, 0.6) is 5.75 Å². The van der Waals surface area contributed by atoms with Crippen molar-refractivity contribution in [3.05, 3.63) is 27.9 Å². The van der Waals surface area contributed by atoms with Gasteiger partial charge in [-0.05, 0) is 29.0 Å². The molecular weight excluding hydrogens is 356 g/mol. The third-order valence-corrected chi connectivity index (χ3v) is 4.57. The van der Waals surface area contributed by atoms with Gasteiger partial charge >= 0.3 is 5.97 Å². The summed E-state index contributed by atoms with van der Waals surface area (Å²) in [5.41, 5.74) is 6.68. The average Bonchev–Trinajstić information content (AvgIpc) is 2.89. The molecule has 1 aromatic heterocycles. The molecule has 0 radical (unpaired) electrons. The summed E-state index contributed by atoms with van der Waals surface area (Å²) in [6.07, 6.45) is -1.60. The van der Waals surface area contributed by atoms with Crippen molar-refractivity contribution in [1.29, 1.82) is 0 Å². The van der Waals surface area contributed by atoms with Crippen LogP contribution in [0, 0.1) is 0 Å². The molecule has 1 aliphatic rings. The Morgan fingerprint density at radius 1 is 1.45 bits per heavy atom. The largest absolute Gasteiger partial charge is 0.507 e. The van der Waals surface area contributed by atoms with Gasteiger partial charge in [-0.15, -0.1) is 0 Å². The van der Waals surface area contributed by atoms with E-state index in [-0.39, 0.29) is 11.4 Å². The second-order valence-electron chi connectivity index (χ2n) is 5.23. The standard InChI is InChI=1S/C13H15BrN4O4/c1-18-10(11(20)17-13(18)15)8-4-2-5(14)7(19)3-6(4)16-9(8)12(21)22/h2-3,10-11,13,16-17,19-20H,15H2,1H3,(H,21,22). The van der Waals surface area contributed by atoms with Crippen molar-refractivity contribution in [2.75, 3.05) is 7.05 Å². The molecule has 1 saturated heterocycles. The Labute approximate surface area is 133 Å². The van der Waals surface area contributed by atoms with Crippen molar-refractivity contribution in [2.24, 2.45) is 5.73 Å². The number of carboxylic acids is 1. The predicted octanol–water partition coefficient (Wildman–Crippen LogP) is 0.471. The molecule has 118 valence electrons. The fraction of sp³-hybridized carbons (Fsp3) is 0.308. The highest BCUT2D eigenvalue weighted by atomic mass is 79.9. The van der Waals surface area contributed by atoms with E-state index in [2.05, 4.69) is 26.2 Å². The van der Waals surface area contributed by atoms with E-state index in [1.165, 1.54) is 6.07 Å². The number of aromatic hydroxyl groups is 1. The van der Waals surface area contributed by atoms with Gasteiger partial charge in [0, 0.05) is 17.0 Å². The van der Waals surface area contributed by atoms with Gasteiger partial charge in [-0.25, -0.2) is 4.79 Å². The number of likely N-dealkylation sites (N-methyl/N-ethyl adjacent to an activating group) is 1. The molecule has 0 saturated carbocycles. The van der Waals surface area contributed by atoms with Crippen LogP contribution in [-0.2, 0) is 0 Å². The summed E-state index contributed by atoms with van der Waals surface area (Å²) >= 11 is 3.22. The maximum absolute atomic E-state index is 11.6. The Balaban J connectivity index is 2.29. The molecule has 3 unspecified atom stereocenters. The number of halogens is 1. The molecule has 1 aromatic carbocycles. The molecule has 7 N–H and O–H groups in total. The molecule has 3 atom stereocenters. The predicted molar refractivity (Wildman–Crippen MR) is 82.2 cm³/mol. The van der Waals surface area contributed by atoms with Crippen LogP contribution in [-0.4, -0.2) is 50.7 Å². The number of phenolic OH excluding ortho intramolecular Hbond substituents is 1. The highest BCUT2D eigenvalue weighted by Crippen LogP contribution is 2.39. The number of hydrogen-bond donors (Lipinski definition) is 6. The quantitative estimate of drug-likeness (QED) is 0.452. The number of rotatable bonds is 2. The normalized spacial score (nSPS) is 25.9. The zero-order valence-electron chi connectivity index (χ0n) is 11.5. The van der Waals surface area contributed by atoms with E-state index in [0.717, 1.165) is 0 Å². The molecule has 9 heteroatoms. The molecule has 2 heterocycles. The lowest BCUT2D eigenvalue weighted by Gasteiger charge is -2.23. The summed E-state index contributed by atoms with van der Waals surface area (Å²) in [6.45, 7) is 0. The number of phenols is 1. The summed E-state index contributed by atoms with van der Waals surface area (Å²) in [6, 6.07) is 2.42. The Morgan fingerprint density at radius 2 is 2.14 bits per heavy atom. The number of carbonyl (C=O) groups is 1. The number of carboxylic acid groups (broad SMARTS) is 1. The minimum atomic E-state index is -1.15. The molecule has 0 amide bonds. The van der Waals surface area contributed by atoms with Crippen LogP contribution in [0.2, 0.25) is 0 Å². The molecule has 2 aromatic rings.